The Morgan fingerprint density at radius 3 is 2.45 bits per heavy atom. The number of rotatable bonds is 3. The first-order valence-electron chi connectivity index (χ1n) is 5.97. The minimum atomic E-state index is -0.572. The number of nitrogens with two attached hydrogens (primary N) is 1. The molecular formula is C15H14BrFN2O. The van der Waals surface area contributed by atoms with Crippen molar-refractivity contribution in [2.75, 3.05) is 0 Å². The molecule has 0 heterocycles. The van der Waals surface area contributed by atoms with Gasteiger partial charge in [0.2, 0.25) is 0 Å². The van der Waals surface area contributed by atoms with Crippen molar-refractivity contribution in [2.24, 2.45) is 5.73 Å². The van der Waals surface area contributed by atoms with Crippen molar-refractivity contribution in [1.82, 2.24) is 0 Å². The molecule has 0 atom stereocenters. The maximum absolute atomic E-state index is 14.2. The van der Waals surface area contributed by atoms with Crippen molar-refractivity contribution in [3.05, 3.63) is 57.3 Å². The van der Waals surface area contributed by atoms with Crippen LogP contribution < -0.4 is 10.5 Å². The van der Waals surface area contributed by atoms with Crippen LogP contribution in [0.5, 0.6) is 11.5 Å². The van der Waals surface area contributed by atoms with E-state index in [-0.39, 0.29) is 16.1 Å². The van der Waals surface area contributed by atoms with Gasteiger partial charge in [-0.1, -0.05) is 17.7 Å². The van der Waals surface area contributed by atoms with Gasteiger partial charge in [-0.05, 0) is 53.5 Å². The summed E-state index contributed by atoms with van der Waals surface area (Å²) in [5.74, 6) is -0.0858. The average Bonchev–Trinajstić information content (AvgIpc) is 2.37. The standard InChI is InChI=1S/C15H14BrFN2O/c1-8-3-5-11(9(2)7-8)20-12-6-4-10(15(18)19)13(16)14(12)17/h3-7H,1-2H3,(H3,18,19). The fourth-order valence-corrected chi connectivity index (χ4v) is 2.39. The summed E-state index contributed by atoms with van der Waals surface area (Å²) in [6.45, 7) is 3.88. The van der Waals surface area contributed by atoms with Crippen LogP contribution in [0.1, 0.15) is 16.7 Å². The maximum Gasteiger partial charge on any atom is 0.180 e. The predicted octanol–water partition coefficient (Wildman–Crippen LogP) is 4.28. The van der Waals surface area contributed by atoms with E-state index in [4.69, 9.17) is 15.9 Å². The largest absolute Gasteiger partial charge is 0.454 e. The van der Waals surface area contributed by atoms with Crippen LogP contribution in [0.25, 0.3) is 0 Å². The zero-order chi connectivity index (χ0) is 14.9. The molecule has 0 bridgehead atoms. The number of hydrogen-bond acceptors (Lipinski definition) is 2. The van der Waals surface area contributed by atoms with E-state index in [0.29, 0.717) is 11.3 Å². The summed E-state index contributed by atoms with van der Waals surface area (Å²) in [5.41, 5.74) is 7.72. The lowest BCUT2D eigenvalue weighted by Crippen LogP contribution is -2.12. The van der Waals surface area contributed by atoms with Gasteiger partial charge in [-0.3, -0.25) is 5.41 Å². The van der Waals surface area contributed by atoms with Crippen molar-refractivity contribution in [1.29, 1.82) is 5.41 Å². The summed E-state index contributed by atoms with van der Waals surface area (Å²) in [5, 5.41) is 7.36. The van der Waals surface area contributed by atoms with Crippen molar-refractivity contribution in [2.45, 2.75) is 13.8 Å². The Morgan fingerprint density at radius 2 is 1.85 bits per heavy atom. The molecule has 0 aliphatic heterocycles. The summed E-state index contributed by atoms with van der Waals surface area (Å²) >= 11 is 3.10. The second-order valence-electron chi connectivity index (χ2n) is 4.52. The van der Waals surface area contributed by atoms with Crippen molar-refractivity contribution >= 4 is 21.8 Å². The molecule has 0 unspecified atom stereocenters. The molecule has 104 valence electrons. The number of hydrogen-bond donors (Lipinski definition) is 2. The van der Waals surface area contributed by atoms with Gasteiger partial charge in [0.1, 0.15) is 11.6 Å². The zero-order valence-corrected chi connectivity index (χ0v) is 12.7. The molecule has 0 spiro atoms. The molecule has 2 aromatic rings. The molecule has 0 amide bonds. The summed E-state index contributed by atoms with van der Waals surface area (Å²) in [4.78, 5) is 0. The molecule has 0 aromatic heterocycles. The van der Waals surface area contributed by atoms with Gasteiger partial charge >= 0.3 is 0 Å². The summed E-state index contributed by atoms with van der Waals surface area (Å²) in [6, 6.07) is 8.69. The molecule has 0 fully saturated rings. The lowest BCUT2D eigenvalue weighted by Gasteiger charge is -2.12. The van der Waals surface area contributed by atoms with Gasteiger partial charge in [0.15, 0.2) is 11.6 Å². The average molecular weight is 337 g/mol. The quantitative estimate of drug-likeness (QED) is 0.649. The molecule has 0 saturated carbocycles. The second-order valence-corrected chi connectivity index (χ2v) is 5.32. The van der Waals surface area contributed by atoms with Crippen LogP contribution >= 0.6 is 15.9 Å². The Bertz CT molecular complexity index is 686. The minimum Gasteiger partial charge on any atom is -0.454 e. The number of halogens is 2. The van der Waals surface area contributed by atoms with Crippen LogP contribution in [0.2, 0.25) is 0 Å². The number of ether oxygens (including phenoxy) is 1. The Kier molecular flexibility index (Phi) is 4.09. The van der Waals surface area contributed by atoms with Crippen molar-refractivity contribution in [3.63, 3.8) is 0 Å². The number of aryl methyl sites for hydroxylation is 2. The number of amidine groups is 1. The highest BCUT2D eigenvalue weighted by atomic mass is 79.9. The molecule has 3 nitrogen and oxygen atoms in total. The smallest absolute Gasteiger partial charge is 0.180 e. The van der Waals surface area contributed by atoms with Crippen molar-refractivity contribution in [3.8, 4) is 11.5 Å². The molecule has 20 heavy (non-hydrogen) atoms. The van der Waals surface area contributed by atoms with Gasteiger partial charge in [0.05, 0.1) is 4.47 Å². The Balaban J connectivity index is 2.39. The highest BCUT2D eigenvalue weighted by Gasteiger charge is 2.15. The van der Waals surface area contributed by atoms with Gasteiger partial charge in [-0.2, -0.15) is 0 Å². The van der Waals surface area contributed by atoms with Gasteiger partial charge < -0.3 is 10.5 Å². The lowest BCUT2D eigenvalue weighted by atomic mass is 10.1. The molecule has 2 rings (SSSR count). The first kappa shape index (κ1) is 14.5. The highest BCUT2D eigenvalue weighted by molar-refractivity contribution is 9.10. The van der Waals surface area contributed by atoms with Gasteiger partial charge in [-0.15, -0.1) is 0 Å². The van der Waals surface area contributed by atoms with E-state index in [1.165, 1.54) is 6.07 Å². The molecule has 0 aliphatic rings. The second kappa shape index (κ2) is 5.63. The van der Waals surface area contributed by atoms with Crippen LogP contribution in [-0.4, -0.2) is 5.84 Å². The Labute approximate surface area is 125 Å². The molecule has 0 radical (unpaired) electrons. The zero-order valence-electron chi connectivity index (χ0n) is 11.1. The minimum absolute atomic E-state index is 0.0915. The topological polar surface area (TPSA) is 59.1 Å². The molecule has 2 aromatic carbocycles. The number of benzene rings is 2. The van der Waals surface area contributed by atoms with Crippen LogP contribution in [0, 0.1) is 25.1 Å². The Morgan fingerprint density at radius 1 is 1.20 bits per heavy atom. The molecule has 0 aliphatic carbocycles. The molecule has 5 heteroatoms. The molecule has 3 N–H and O–H groups in total. The van der Waals surface area contributed by atoms with E-state index in [9.17, 15) is 4.39 Å². The van der Waals surface area contributed by atoms with Gasteiger partial charge in [0.25, 0.3) is 0 Å². The van der Waals surface area contributed by atoms with Crippen molar-refractivity contribution < 1.29 is 9.13 Å². The molecule has 0 saturated heterocycles. The first-order chi connectivity index (χ1) is 9.40. The van der Waals surface area contributed by atoms with E-state index < -0.39 is 5.82 Å². The SMILES string of the molecule is Cc1ccc(Oc2ccc(C(=N)N)c(Br)c2F)c(C)c1. The normalized spacial score (nSPS) is 10.4. The van der Waals surface area contributed by atoms with Crippen LogP contribution in [0.15, 0.2) is 34.8 Å². The van der Waals surface area contributed by atoms with Crippen LogP contribution in [0.4, 0.5) is 4.39 Å². The summed E-state index contributed by atoms with van der Waals surface area (Å²) in [7, 11) is 0. The Hall–Kier alpha value is -1.88. The third kappa shape index (κ3) is 2.82. The van der Waals surface area contributed by atoms with E-state index in [1.54, 1.807) is 12.1 Å². The lowest BCUT2D eigenvalue weighted by molar-refractivity contribution is 0.437. The van der Waals surface area contributed by atoms with Crippen LogP contribution in [0.3, 0.4) is 0 Å². The number of nitrogen functional groups attached to an aromatic ring is 1. The van der Waals surface area contributed by atoms with Gasteiger partial charge in [-0.25, -0.2) is 4.39 Å². The monoisotopic (exact) mass is 336 g/mol. The molecular weight excluding hydrogens is 323 g/mol. The predicted molar refractivity (Wildman–Crippen MR) is 81.1 cm³/mol. The van der Waals surface area contributed by atoms with E-state index in [0.717, 1.165) is 11.1 Å². The summed E-state index contributed by atoms with van der Waals surface area (Å²) in [6.07, 6.45) is 0. The number of nitrogens with one attached hydrogen (secondary N) is 1. The van der Waals surface area contributed by atoms with Crippen LogP contribution in [-0.2, 0) is 0 Å². The fraction of sp³-hybridized carbons (Fsp3) is 0.133. The first-order valence-corrected chi connectivity index (χ1v) is 6.77. The van der Waals surface area contributed by atoms with E-state index >= 15 is 0 Å². The fourth-order valence-electron chi connectivity index (χ4n) is 1.85. The maximum atomic E-state index is 14.2. The highest BCUT2D eigenvalue weighted by Crippen LogP contribution is 2.33. The van der Waals surface area contributed by atoms with Gasteiger partial charge in [0, 0.05) is 5.56 Å². The van der Waals surface area contributed by atoms with E-state index in [2.05, 4.69) is 15.9 Å². The summed E-state index contributed by atoms with van der Waals surface area (Å²) < 4.78 is 19.9. The van der Waals surface area contributed by atoms with E-state index in [1.807, 2.05) is 26.0 Å². The third-order valence-corrected chi connectivity index (χ3v) is 3.66. The third-order valence-electron chi connectivity index (χ3n) is 2.89.